The van der Waals surface area contributed by atoms with Crippen LogP contribution < -0.4 is 11.3 Å². The van der Waals surface area contributed by atoms with Crippen LogP contribution in [0.3, 0.4) is 0 Å². The zero-order valence-corrected chi connectivity index (χ0v) is 13.5. The van der Waals surface area contributed by atoms with Crippen molar-refractivity contribution in [1.82, 2.24) is 9.97 Å². The molecule has 1 aromatic carbocycles. The van der Waals surface area contributed by atoms with Gasteiger partial charge >= 0.3 is 0 Å². The average molecular weight is 316 g/mol. The van der Waals surface area contributed by atoms with Gasteiger partial charge in [0.15, 0.2) is 0 Å². The Balaban J connectivity index is 1.89. The normalized spacial score (nSPS) is 11.0. The van der Waals surface area contributed by atoms with E-state index in [-0.39, 0.29) is 0 Å². The van der Waals surface area contributed by atoms with Crippen molar-refractivity contribution in [2.75, 3.05) is 5.43 Å². The van der Waals surface area contributed by atoms with E-state index >= 15 is 0 Å². The molecule has 0 atom stereocenters. The minimum atomic E-state index is 0.466. The molecule has 6 heteroatoms. The Hall–Kier alpha value is -1.63. The Kier molecular flexibility index (Phi) is 4.10. The van der Waals surface area contributed by atoms with Crippen LogP contribution in [0.1, 0.15) is 16.7 Å². The zero-order valence-electron chi connectivity index (χ0n) is 11.9. The smallest absolute Gasteiger partial charge is 0.239 e. The number of nitrogens with zero attached hydrogens (tertiary/aromatic N) is 2. The maximum Gasteiger partial charge on any atom is 0.239 e. The zero-order chi connectivity index (χ0) is 14.8. The first-order valence-electron chi connectivity index (χ1n) is 6.57. The van der Waals surface area contributed by atoms with Crippen molar-refractivity contribution < 1.29 is 0 Å². The standard InChI is InChI=1S/C15H16N4S2/c1-9-5-10(2)7-11(6-9)8-21-14-12-3-4-20-13(12)17-15(18-14)19-16/h3-7H,8,16H2,1-2H3,(H,17,18,19). The number of rotatable bonds is 4. The van der Waals surface area contributed by atoms with Crippen LogP contribution in [0.4, 0.5) is 5.95 Å². The van der Waals surface area contributed by atoms with Crippen molar-refractivity contribution in [3.05, 3.63) is 46.3 Å². The monoisotopic (exact) mass is 316 g/mol. The molecule has 0 aliphatic carbocycles. The molecule has 0 radical (unpaired) electrons. The van der Waals surface area contributed by atoms with E-state index in [4.69, 9.17) is 5.84 Å². The third-order valence-electron chi connectivity index (χ3n) is 3.08. The molecule has 2 aromatic heterocycles. The highest BCUT2D eigenvalue weighted by Crippen LogP contribution is 2.31. The summed E-state index contributed by atoms with van der Waals surface area (Å²) in [5.41, 5.74) is 6.42. The van der Waals surface area contributed by atoms with Gasteiger partial charge in [0, 0.05) is 11.1 Å². The molecular formula is C15H16N4S2. The van der Waals surface area contributed by atoms with E-state index in [1.807, 2.05) is 5.38 Å². The summed E-state index contributed by atoms with van der Waals surface area (Å²) < 4.78 is 0. The third kappa shape index (κ3) is 3.18. The van der Waals surface area contributed by atoms with Crippen molar-refractivity contribution in [3.8, 4) is 0 Å². The number of fused-ring (bicyclic) bond motifs is 1. The number of hydrogen-bond acceptors (Lipinski definition) is 6. The van der Waals surface area contributed by atoms with Gasteiger partial charge in [0.05, 0.1) is 0 Å². The summed E-state index contributed by atoms with van der Waals surface area (Å²) in [5.74, 6) is 6.79. The minimum absolute atomic E-state index is 0.466. The van der Waals surface area contributed by atoms with Crippen LogP contribution in [0.5, 0.6) is 0 Å². The Morgan fingerprint density at radius 2 is 1.95 bits per heavy atom. The fraction of sp³-hybridized carbons (Fsp3) is 0.200. The highest BCUT2D eigenvalue weighted by Gasteiger charge is 2.09. The lowest BCUT2D eigenvalue weighted by atomic mass is 10.1. The van der Waals surface area contributed by atoms with E-state index in [0.717, 1.165) is 21.0 Å². The maximum atomic E-state index is 5.45. The van der Waals surface area contributed by atoms with E-state index in [0.29, 0.717) is 5.95 Å². The molecule has 0 unspecified atom stereocenters. The number of thiophene rings is 1. The number of aryl methyl sites for hydroxylation is 2. The van der Waals surface area contributed by atoms with Gasteiger partial charge < -0.3 is 0 Å². The lowest BCUT2D eigenvalue weighted by Gasteiger charge is -2.07. The largest absolute Gasteiger partial charge is 0.292 e. The van der Waals surface area contributed by atoms with E-state index in [2.05, 4.69) is 53.5 Å². The number of anilines is 1. The topological polar surface area (TPSA) is 63.8 Å². The number of benzene rings is 1. The maximum absolute atomic E-state index is 5.45. The van der Waals surface area contributed by atoms with Gasteiger partial charge in [-0.3, -0.25) is 5.43 Å². The lowest BCUT2D eigenvalue weighted by molar-refractivity contribution is 1.08. The predicted molar refractivity (Wildman–Crippen MR) is 90.7 cm³/mol. The number of nitrogens with two attached hydrogens (primary N) is 1. The van der Waals surface area contributed by atoms with Crippen molar-refractivity contribution in [2.45, 2.75) is 24.6 Å². The summed E-state index contributed by atoms with van der Waals surface area (Å²) in [6.07, 6.45) is 0. The fourth-order valence-corrected chi connectivity index (χ4v) is 4.08. The average Bonchev–Trinajstić information content (AvgIpc) is 2.91. The fourth-order valence-electron chi connectivity index (χ4n) is 2.31. The van der Waals surface area contributed by atoms with Crippen LogP contribution in [-0.2, 0) is 5.75 Å². The van der Waals surface area contributed by atoms with Gasteiger partial charge in [-0.15, -0.1) is 23.1 Å². The first-order chi connectivity index (χ1) is 10.2. The summed E-state index contributed by atoms with van der Waals surface area (Å²) in [6.45, 7) is 4.25. The van der Waals surface area contributed by atoms with Crippen LogP contribution in [0.2, 0.25) is 0 Å². The van der Waals surface area contributed by atoms with Crippen molar-refractivity contribution >= 4 is 39.3 Å². The van der Waals surface area contributed by atoms with Crippen LogP contribution in [0.15, 0.2) is 34.7 Å². The van der Waals surface area contributed by atoms with Gasteiger partial charge in [-0.1, -0.05) is 29.3 Å². The molecule has 0 saturated carbocycles. The summed E-state index contributed by atoms with van der Waals surface area (Å²) in [7, 11) is 0. The van der Waals surface area contributed by atoms with Gasteiger partial charge in [0.25, 0.3) is 0 Å². The van der Waals surface area contributed by atoms with Crippen molar-refractivity contribution in [1.29, 1.82) is 0 Å². The molecule has 4 nitrogen and oxygen atoms in total. The minimum Gasteiger partial charge on any atom is -0.292 e. The van der Waals surface area contributed by atoms with E-state index in [9.17, 15) is 0 Å². The summed E-state index contributed by atoms with van der Waals surface area (Å²) in [4.78, 5) is 9.79. The highest BCUT2D eigenvalue weighted by atomic mass is 32.2. The molecular weight excluding hydrogens is 300 g/mol. The Morgan fingerprint density at radius 1 is 1.19 bits per heavy atom. The number of nitrogens with one attached hydrogen (secondary N) is 1. The molecule has 21 heavy (non-hydrogen) atoms. The van der Waals surface area contributed by atoms with Gasteiger partial charge in [0.1, 0.15) is 9.86 Å². The number of nitrogen functional groups attached to an aromatic ring is 1. The number of thioether (sulfide) groups is 1. The van der Waals surface area contributed by atoms with Gasteiger partial charge in [-0.05, 0) is 30.9 Å². The van der Waals surface area contributed by atoms with E-state index in [1.165, 1.54) is 16.7 Å². The first-order valence-corrected chi connectivity index (χ1v) is 8.44. The molecule has 2 heterocycles. The van der Waals surface area contributed by atoms with Gasteiger partial charge in [-0.25, -0.2) is 15.8 Å². The quantitative estimate of drug-likeness (QED) is 0.331. The van der Waals surface area contributed by atoms with Crippen LogP contribution in [-0.4, -0.2) is 9.97 Å². The summed E-state index contributed by atoms with van der Waals surface area (Å²) in [5, 5.41) is 4.09. The van der Waals surface area contributed by atoms with Crippen LogP contribution in [0, 0.1) is 13.8 Å². The Morgan fingerprint density at radius 3 is 2.67 bits per heavy atom. The number of aromatic nitrogens is 2. The lowest BCUT2D eigenvalue weighted by Crippen LogP contribution is -2.10. The molecule has 0 fully saturated rings. The number of hydrogen-bond donors (Lipinski definition) is 2. The second-order valence-corrected chi connectivity index (χ2v) is 6.78. The summed E-state index contributed by atoms with van der Waals surface area (Å²) in [6, 6.07) is 8.68. The number of hydrazine groups is 1. The Labute approximate surface area is 131 Å². The third-order valence-corrected chi connectivity index (χ3v) is 4.95. The molecule has 108 valence electrons. The molecule has 0 spiro atoms. The SMILES string of the molecule is Cc1cc(C)cc(CSc2nc(NN)nc3sccc23)c1. The Bertz CT molecular complexity index is 762. The molecule has 0 amide bonds. The van der Waals surface area contributed by atoms with E-state index < -0.39 is 0 Å². The first kappa shape index (κ1) is 14.3. The molecule has 0 saturated heterocycles. The van der Waals surface area contributed by atoms with Crippen molar-refractivity contribution in [3.63, 3.8) is 0 Å². The predicted octanol–water partition coefficient (Wildman–Crippen LogP) is 3.89. The molecule has 0 aliphatic heterocycles. The second-order valence-electron chi connectivity index (χ2n) is 4.92. The van der Waals surface area contributed by atoms with Crippen LogP contribution in [0.25, 0.3) is 10.2 Å². The molecule has 3 rings (SSSR count). The summed E-state index contributed by atoms with van der Waals surface area (Å²) >= 11 is 3.31. The van der Waals surface area contributed by atoms with Gasteiger partial charge in [-0.2, -0.15) is 0 Å². The van der Waals surface area contributed by atoms with Crippen LogP contribution >= 0.6 is 23.1 Å². The van der Waals surface area contributed by atoms with E-state index in [1.54, 1.807) is 23.1 Å². The second kappa shape index (κ2) is 6.01. The van der Waals surface area contributed by atoms with Crippen molar-refractivity contribution in [2.24, 2.45) is 5.84 Å². The molecule has 3 aromatic rings. The molecule has 0 aliphatic rings. The van der Waals surface area contributed by atoms with Gasteiger partial charge in [0.2, 0.25) is 5.95 Å². The molecule has 3 N–H and O–H groups in total. The molecule has 0 bridgehead atoms. The highest BCUT2D eigenvalue weighted by molar-refractivity contribution is 7.98.